The van der Waals surface area contributed by atoms with Crippen LogP contribution in [0.1, 0.15) is 0 Å². The molecule has 0 aliphatic rings. The van der Waals surface area contributed by atoms with Crippen molar-refractivity contribution >= 4 is 16.9 Å². The minimum atomic E-state index is 0.593. The van der Waals surface area contributed by atoms with Gasteiger partial charge in [-0.2, -0.15) is 0 Å². The Morgan fingerprint density at radius 1 is 1.50 bits per heavy atom. The standard InChI is InChI=1S/C7H12N2S/c1-3-5-9-7(8)10-6-4-2/h3-4H,1-2,5-6H2,(H2,8,9). The van der Waals surface area contributed by atoms with E-state index in [1.54, 1.807) is 12.2 Å². The monoisotopic (exact) mass is 156 g/mol. The summed E-state index contributed by atoms with van der Waals surface area (Å²) in [5.74, 6) is 0.812. The third-order valence-electron chi connectivity index (χ3n) is 0.725. The van der Waals surface area contributed by atoms with E-state index in [1.165, 1.54) is 11.8 Å². The summed E-state index contributed by atoms with van der Waals surface area (Å²) in [5.41, 5.74) is 5.46. The third kappa shape index (κ3) is 5.44. The molecule has 56 valence electrons. The second-order valence-electron chi connectivity index (χ2n) is 1.57. The van der Waals surface area contributed by atoms with Crippen molar-refractivity contribution in [2.75, 3.05) is 12.3 Å². The predicted octanol–water partition coefficient (Wildman–Crippen LogP) is 1.41. The van der Waals surface area contributed by atoms with Gasteiger partial charge in [0.15, 0.2) is 5.17 Å². The average molecular weight is 156 g/mol. The molecular formula is C7H12N2S. The summed E-state index contributed by atoms with van der Waals surface area (Å²) >= 11 is 1.48. The van der Waals surface area contributed by atoms with Crippen LogP contribution < -0.4 is 5.73 Å². The fourth-order valence-corrected chi connectivity index (χ4v) is 0.799. The van der Waals surface area contributed by atoms with Gasteiger partial charge in [0.2, 0.25) is 0 Å². The van der Waals surface area contributed by atoms with Crippen LogP contribution in [0.4, 0.5) is 0 Å². The topological polar surface area (TPSA) is 38.4 Å². The van der Waals surface area contributed by atoms with Crippen LogP contribution in [0.2, 0.25) is 0 Å². The molecule has 0 atom stereocenters. The van der Waals surface area contributed by atoms with E-state index in [9.17, 15) is 0 Å². The van der Waals surface area contributed by atoms with Crippen molar-refractivity contribution in [2.24, 2.45) is 10.7 Å². The molecule has 2 N–H and O–H groups in total. The first-order valence-corrected chi connectivity index (χ1v) is 3.94. The van der Waals surface area contributed by atoms with Crippen molar-refractivity contribution in [2.45, 2.75) is 0 Å². The van der Waals surface area contributed by atoms with Crippen molar-refractivity contribution in [3.05, 3.63) is 25.3 Å². The summed E-state index contributed by atoms with van der Waals surface area (Å²) in [4.78, 5) is 3.97. The van der Waals surface area contributed by atoms with E-state index in [2.05, 4.69) is 18.2 Å². The van der Waals surface area contributed by atoms with Crippen LogP contribution in [0.5, 0.6) is 0 Å². The Morgan fingerprint density at radius 2 is 2.20 bits per heavy atom. The number of nitrogens with two attached hydrogens (primary N) is 1. The van der Waals surface area contributed by atoms with Crippen molar-refractivity contribution < 1.29 is 0 Å². The molecule has 0 aromatic heterocycles. The van der Waals surface area contributed by atoms with Gasteiger partial charge in [-0.05, 0) is 0 Å². The summed E-state index contributed by atoms with van der Waals surface area (Å²) < 4.78 is 0. The fourth-order valence-electron chi connectivity index (χ4n) is 0.344. The third-order valence-corrected chi connectivity index (χ3v) is 1.55. The predicted molar refractivity (Wildman–Crippen MR) is 49.3 cm³/mol. The van der Waals surface area contributed by atoms with E-state index in [0.717, 1.165) is 5.75 Å². The van der Waals surface area contributed by atoms with Crippen LogP contribution >= 0.6 is 11.8 Å². The number of hydrogen-bond donors (Lipinski definition) is 1. The van der Waals surface area contributed by atoms with E-state index in [1.807, 2.05) is 0 Å². The maximum atomic E-state index is 5.46. The average Bonchev–Trinajstić information content (AvgIpc) is 1.97. The summed E-state index contributed by atoms with van der Waals surface area (Å²) in [6.07, 6.45) is 3.50. The minimum absolute atomic E-state index is 0.593. The summed E-state index contributed by atoms with van der Waals surface area (Å²) in [6, 6.07) is 0. The lowest BCUT2D eigenvalue weighted by Gasteiger charge is -1.93. The first-order chi connectivity index (χ1) is 4.81. The molecule has 0 radical (unpaired) electrons. The van der Waals surface area contributed by atoms with Crippen LogP contribution in [-0.4, -0.2) is 17.5 Å². The van der Waals surface area contributed by atoms with Gasteiger partial charge in [-0.1, -0.05) is 23.9 Å². The molecule has 0 saturated carbocycles. The lowest BCUT2D eigenvalue weighted by Crippen LogP contribution is -2.07. The molecule has 0 amide bonds. The Balaban J connectivity index is 3.47. The first kappa shape index (κ1) is 9.30. The van der Waals surface area contributed by atoms with E-state index in [-0.39, 0.29) is 0 Å². The molecule has 0 aromatic rings. The van der Waals surface area contributed by atoms with Gasteiger partial charge in [-0.15, -0.1) is 13.2 Å². The second-order valence-corrected chi connectivity index (χ2v) is 2.61. The van der Waals surface area contributed by atoms with Gasteiger partial charge < -0.3 is 5.73 Å². The number of nitrogens with zero attached hydrogens (tertiary/aromatic N) is 1. The molecule has 0 spiro atoms. The molecule has 0 bridgehead atoms. The van der Waals surface area contributed by atoms with E-state index >= 15 is 0 Å². The number of thioether (sulfide) groups is 1. The Bertz CT molecular complexity index is 141. The molecule has 3 heteroatoms. The lowest BCUT2D eigenvalue weighted by molar-refractivity contribution is 1.25. The molecular weight excluding hydrogens is 144 g/mol. The van der Waals surface area contributed by atoms with Crippen LogP contribution in [0, 0.1) is 0 Å². The van der Waals surface area contributed by atoms with Crippen molar-refractivity contribution in [3.63, 3.8) is 0 Å². The Labute approximate surface area is 65.9 Å². The zero-order chi connectivity index (χ0) is 7.82. The zero-order valence-electron chi connectivity index (χ0n) is 5.92. The lowest BCUT2D eigenvalue weighted by atomic mass is 10.7. The molecule has 0 unspecified atom stereocenters. The molecule has 0 saturated heterocycles. The van der Waals surface area contributed by atoms with Gasteiger partial charge >= 0.3 is 0 Å². The molecule has 0 aromatic carbocycles. The highest BCUT2D eigenvalue weighted by Crippen LogP contribution is 1.98. The maximum Gasteiger partial charge on any atom is 0.154 e. The number of rotatable bonds is 4. The van der Waals surface area contributed by atoms with E-state index < -0.39 is 0 Å². The van der Waals surface area contributed by atoms with Gasteiger partial charge in [0.05, 0.1) is 6.54 Å². The molecule has 0 aliphatic carbocycles. The van der Waals surface area contributed by atoms with E-state index in [4.69, 9.17) is 5.73 Å². The molecule has 0 rings (SSSR count). The fraction of sp³-hybridized carbons (Fsp3) is 0.286. The second kappa shape index (κ2) is 6.42. The molecule has 0 fully saturated rings. The highest BCUT2D eigenvalue weighted by molar-refractivity contribution is 8.13. The molecule has 0 heterocycles. The van der Waals surface area contributed by atoms with Crippen molar-refractivity contribution in [1.82, 2.24) is 0 Å². The number of hydrogen-bond acceptors (Lipinski definition) is 2. The molecule has 10 heavy (non-hydrogen) atoms. The Kier molecular flexibility index (Phi) is 5.97. The van der Waals surface area contributed by atoms with Gasteiger partial charge in [0, 0.05) is 5.75 Å². The van der Waals surface area contributed by atoms with Gasteiger partial charge in [0.25, 0.3) is 0 Å². The normalized spacial score (nSPS) is 11.0. The SMILES string of the molecule is C=CCN=C(N)SCC=C. The van der Waals surface area contributed by atoms with Crippen LogP contribution in [0.25, 0.3) is 0 Å². The van der Waals surface area contributed by atoms with Gasteiger partial charge in [-0.25, -0.2) is 0 Å². The quantitative estimate of drug-likeness (QED) is 0.379. The summed E-state index contributed by atoms with van der Waals surface area (Å²) in [7, 11) is 0. The smallest absolute Gasteiger partial charge is 0.154 e. The first-order valence-electron chi connectivity index (χ1n) is 2.95. The maximum absolute atomic E-state index is 5.46. The molecule has 2 nitrogen and oxygen atoms in total. The number of aliphatic imine (C=N–C) groups is 1. The molecule has 0 aliphatic heterocycles. The Morgan fingerprint density at radius 3 is 2.70 bits per heavy atom. The number of amidine groups is 1. The Hall–Kier alpha value is -0.700. The minimum Gasteiger partial charge on any atom is -0.379 e. The highest BCUT2D eigenvalue weighted by Gasteiger charge is 1.87. The van der Waals surface area contributed by atoms with Crippen molar-refractivity contribution in [3.8, 4) is 0 Å². The van der Waals surface area contributed by atoms with Crippen LogP contribution in [0.15, 0.2) is 30.3 Å². The zero-order valence-corrected chi connectivity index (χ0v) is 6.73. The summed E-state index contributed by atoms with van der Waals surface area (Å²) in [6.45, 7) is 7.68. The van der Waals surface area contributed by atoms with Gasteiger partial charge in [-0.3, -0.25) is 4.99 Å². The van der Waals surface area contributed by atoms with Gasteiger partial charge in [0.1, 0.15) is 0 Å². The summed E-state index contributed by atoms with van der Waals surface area (Å²) in [5, 5.41) is 0.597. The van der Waals surface area contributed by atoms with Crippen LogP contribution in [-0.2, 0) is 0 Å². The van der Waals surface area contributed by atoms with Crippen LogP contribution in [0.3, 0.4) is 0 Å². The largest absolute Gasteiger partial charge is 0.379 e. The van der Waals surface area contributed by atoms with Crippen molar-refractivity contribution in [1.29, 1.82) is 0 Å². The van der Waals surface area contributed by atoms with E-state index in [0.29, 0.717) is 11.7 Å². The highest BCUT2D eigenvalue weighted by atomic mass is 32.2.